The molecular weight excluding hydrogens is 512 g/mol. The average molecular weight is 543 g/mol. The summed E-state index contributed by atoms with van der Waals surface area (Å²) in [5, 5.41) is 5.95. The zero-order valence-electron chi connectivity index (χ0n) is 21.3. The van der Waals surface area contributed by atoms with Crippen molar-refractivity contribution in [2.75, 3.05) is 20.2 Å². The molecule has 0 radical (unpaired) electrons. The van der Waals surface area contributed by atoms with E-state index in [1.165, 1.54) is 19.4 Å². The Bertz CT molecular complexity index is 1440. The maximum Gasteiger partial charge on any atom is 0.287 e. The number of hydrogen-bond donors (Lipinski definition) is 2. The fourth-order valence-corrected chi connectivity index (χ4v) is 5.63. The van der Waals surface area contributed by atoms with Crippen LogP contribution < -0.4 is 15.4 Å². The number of carbonyl (C=O) groups excluding carboxylic acids is 3. The summed E-state index contributed by atoms with van der Waals surface area (Å²) in [6.45, 7) is 3.28. The van der Waals surface area contributed by atoms with Gasteiger partial charge in [-0.05, 0) is 55.2 Å². The Labute approximate surface area is 220 Å². The fourth-order valence-electron chi connectivity index (χ4n) is 4.25. The first-order valence-electron chi connectivity index (χ1n) is 12.2. The molecule has 1 saturated heterocycles. The Morgan fingerprint density at radius 1 is 1.18 bits per heavy atom. The van der Waals surface area contributed by atoms with Crippen molar-refractivity contribution in [3.05, 3.63) is 54.4 Å². The molecule has 0 saturated carbocycles. The van der Waals surface area contributed by atoms with Crippen LogP contribution in [-0.4, -0.2) is 67.6 Å². The normalized spacial score (nSPS) is 17.7. The number of ketones is 1. The number of amides is 2. The maximum atomic E-state index is 13.2. The van der Waals surface area contributed by atoms with Gasteiger partial charge in [0.25, 0.3) is 15.9 Å². The number of nitrogens with zero attached hydrogens (tertiary/aromatic N) is 2. The van der Waals surface area contributed by atoms with E-state index in [1.807, 2.05) is 0 Å². The lowest BCUT2D eigenvalue weighted by molar-refractivity contribution is -0.129. The van der Waals surface area contributed by atoms with Crippen LogP contribution in [0.1, 0.15) is 37.2 Å². The number of hydrogen-bond acceptors (Lipinski definition) is 8. The van der Waals surface area contributed by atoms with Crippen molar-refractivity contribution in [3.8, 4) is 5.75 Å². The predicted octanol–water partition coefficient (Wildman–Crippen LogP) is 2.13. The van der Waals surface area contributed by atoms with E-state index in [9.17, 15) is 22.8 Å². The number of methoxy groups -OCH3 is 1. The Morgan fingerprint density at radius 2 is 1.97 bits per heavy atom. The molecular formula is C26H30N4O7S. The Balaban J connectivity index is 1.43. The summed E-state index contributed by atoms with van der Waals surface area (Å²) in [5.41, 5.74) is 0.496. The molecule has 202 valence electrons. The SMILES string of the molecule is COc1ccc2oc(C(=O)NC(C(=O)NC3CCCN(S(=O)(=O)c4ccccn4)CC3=O)C(C)C)cc2c1. The first-order chi connectivity index (χ1) is 18.1. The van der Waals surface area contributed by atoms with E-state index in [0.717, 1.165) is 4.31 Å². The van der Waals surface area contributed by atoms with E-state index in [-0.39, 0.29) is 36.2 Å². The van der Waals surface area contributed by atoms with Crippen LogP contribution in [0.15, 0.2) is 58.1 Å². The molecule has 12 heteroatoms. The second-order valence-electron chi connectivity index (χ2n) is 9.39. The first kappa shape index (κ1) is 27.3. The lowest BCUT2D eigenvalue weighted by atomic mass is 10.0. The van der Waals surface area contributed by atoms with E-state index in [0.29, 0.717) is 23.1 Å². The summed E-state index contributed by atoms with van der Waals surface area (Å²) in [4.78, 5) is 43.0. The summed E-state index contributed by atoms with van der Waals surface area (Å²) in [6, 6.07) is 9.40. The lowest BCUT2D eigenvalue weighted by Crippen LogP contribution is -2.54. The van der Waals surface area contributed by atoms with Gasteiger partial charge in [0.1, 0.15) is 17.4 Å². The summed E-state index contributed by atoms with van der Waals surface area (Å²) in [6.07, 6.45) is 2.00. The van der Waals surface area contributed by atoms with Gasteiger partial charge in [-0.1, -0.05) is 19.9 Å². The molecule has 2 amide bonds. The molecule has 4 rings (SSSR count). The molecule has 2 aromatic heterocycles. The smallest absolute Gasteiger partial charge is 0.287 e. The third kappa shape index (κ3) is 5.86. The quantitative estimate of drug-likeness (QED) is 0.440. The minimum atomic E-state index is -3.95. The number of Topliss-reactive ketones (excluding diaryl/α,β-unsaturated/α-hetero) is 1. The topological polar surface area (TPSA) is 148 Å². The zero-order chi connectivity index (χ0) is 27.4. The van der Waals surface area contributed by atoms with Crippen LogP contribution in [-0.2, 0) is 19.6 Å². The molecule has 0 spiro atoms. The van der Waals surface area contributed by atoms with Crippen LogP contribution in [0.3, 0.4) is 0 Å². The number of furan rings is 1. The van der Waals surface area contributed by atoms with Crippen LogP contribution in [0.2, 0.25) is 0 Å². The predicted molar refractivity (Wildman–Crippen MR) is 138 cm³/mol. The fraction of sp³-hybridized carbons (Fsp3) is 0.385. The largest absolute Gasteiger partial charge is 0.497 e. The van der Waals surface area contributed by atoms with Gasteiger partial charge in [0, 0.05) is 18.1 Å². The van der Waals surface area contributed by atoms with Gasteiger partial charge in [-0.15, -0.1) is 0 Å². The van der Waals surface area contributed by atoms with Gasteiger partial charge in [-0.2, -0.15) is 4.31 Å². The number of pyridine rings is 1. The number of rotatable bonds is 8. The van der Waals surface area contributed by atoms with Crippen molar-refractivity contribution in [3.63, 3.8) is 0 Å². The second kappa shape index (κ2) is 11.3. The standard InChI is InChI=1S/C26H30N4O7S/c1-16(2)24(29-25(32)22-14-17-13-18(36-3)9-10-21(17)37-22)26(33)28-19-7-6-12-30(15-20(19)31)38(34,35)23-8-4-5-11-27-23/h4-5,8-11,13-14,16,19,24H,6-7,12,15H2,1-3H3,(H,28,33)(H,29,32). The van der Waals surface area contributed by atoms with Crippen LogP contribution in [0.4, 0.5) is 0 Å². The summed E-state index contributed by atoms with van der Waals surface area (Å²) in [5.74, 6) is -1.20. The van der Waals surface area contributed by atoms with Crippen molar-refractivity contribution in [2.24, 2.45) is 5.92 Å². The van der Waals surface area contributed by atoms with Crippen molar-refractivity contribution in [2.45, 2.75) is 43.8 Å². The number of fused-ring (bicyclic) bond motifs is 1. The molecule has 0 aliphatic carbocycles. The zero-order valence-corrected chi connectivity index (χ0v) is 22.2. The number of benzene rings is 1. The third-order valence-electron chi connectivity index (χ3n) is 6.36. The van der Waals surface area contributed by atoms with E-state index >= 15 is 0 Å². The van der Waals surface area contributed by atoms with E-state index in [4.69, 9.17) is 9.15 Å². The molecule has 1 aliphatic heterocycles. The van der Waals surface area contributed by atoms with Gasteiger partial charge in [0.15, 0.2) is 16.6 Å². The number of nitrogens with one attached hydrogen (secondary N) is 2. The molecule has 3 aromatic rings. The molecule has 1 aromatic carbocycles. The number of aromatic nitrogens is 1. The minimum absolute atomic E-state index is 0.0348. The molecule has 1 fully saturated rings. The molecule has 11 nitrogen and oxygen atoms in total. The van der Waals surface area contributed by atoms with Gasteiger partial charge in [-0.3, -0.25) is 14.4 Å². The Kier molecular flexibility index (Phi) is 8.12. The monoisotopic (exact) mass is 542 g/mol. The van der Waals surface area contributed by atoms with Crippen molar-refractivity contribution < 1.29 is 32.0 Å². The minimum Gasteiger partial charge on any atom is -0.497 e. The van der Waals surface area contributed by atoms with Crippen LogP contribution >= 0.6 is 0 Å². The van der Waals surface area contributed by atoms with Crippen LogP contribution in [0.25, 0.3) is 11.0 Å². The van der Waals surface area contributed by atoms with Gasteiger partial charge in [0.2, 0.25) is 5.91 Å². The molecule has 3 heterocycles. The highest BCUT2D eigenvalue weighted by molar-refractivity contribution is 7.89. The van der Waals surface area contributed by atoms with Gasteiger partial charge in [0.05, 0.1) is 19.7 Å². The van der Waals surface area contributed by atoms with Gasteiger partial charge >= 0.3 is 0 Å². The molecule has 0 bridgehead atoms. The summed E-state index contributed by atoms with van der Waals surface area (Å²) >= 11 is 0. The molecule has 1 aliphatic rings. The molecule has 38 heavy (non-hydrogen) atoms. The van der Waals surface area contributed by atoms with E-state index < -0.39 is 39.7 Å². The second-order valence-corrected chi connectivity index (χ2v) is 11.3. The maximum absolute atomic E-state index is 13.2. The van der Waals surface area contributed by atoms with Crippen molar-refractivity contribution >= 4 is 38.6 Å². The Morgan fingerprint density at radius 3 is 2.66 bits per heavy atom. The highest BCUT2D eigenvalue weighted by Crippen LogP contribution is 2.24. The van der Waals surface area contributed by atoms with Crippen LogP contribution in [0.5, 0.6) is 5.75 Å². The van der Waals surface area contributed by atoms with Gasteiger partial charge < -0.3 is 19.8 Å². The number of ether oxygens (including phenoxy) is 1. The lowest BCUT2D eigenvalue weighted by Gasteiger charge is -2.24. The molecule has 2 unspecified atom stereocenters. The van der Waals surface area contributed by atoms with E-state index in [2.05, 4.69) is 15.6 Å². The summed E-state index contributed by atoms with van der Waals surface area (Å²) < 4.78 is 37.8. The summed E-state index contributed by atoms with van der Waals surface area (Å²) in [7, 11) is -2.41. The Hall–Kier alpha value is -3.77. The first-order valence-corrected chi connectivity index (χ1v) is 13.7. The highest BCUT2D eigenvalue weighted by atomic mass is 32.2. The average Bonchev–Trinajstić information content (AvgIpc) is 3.24. The number of sulfonamides is 1. The number of carbonyl (C=O) groups is 3. The third-order valence-corrected chi connectivity index (χ3v) is 8.12. The van der Waals surface area contributed by atoms with Crippen LogP contribution in [0, 0.1) is 5.92 Å². The molecule has 2 atom stereocenters. The van der Waals surface area contributed by atoms with Crippen molar-refractivity contribution in [1.29, 1.82) is 0 Å². The highest BCUT2D eigenvalue weighted by Gasteiger charge is 2.35. The molecule has 2 N–H and O–H groups in total. The van der Waals surface area contributed by atoms with Crippen molar-refractivity contribution in [1.82, 2.24) is 19.9 Å². The van der Waals surface area contributed by atoms with Gasteiger partial charge in [-0.25, -0.2) is 13.4 Å². The van der Waals surface area contributed by atoms with E-state index in [1.54, 1.807) is 50.2 Å².